The number of rotatable bonds is 53. The predicted octanol–water partition coefficient (Wildman–Crippen LogP) is 19.4. The van der Waals surface area contributed by atoms with Crippen LogP contribution in [0.2, 0.25) is 0 Å². The second-order valence-corrected chi connectivity index (χ2v) is 19.5. The number of allylic oxidation sites excluding steroid dienone is 8. The first-order chi connectivity index (χ1) is 33.0. The molecule has 6 heteroatoms. The molecule has 0 spiro atoms. The zero-order chi connectivity index (χ0) is 48.6. The largest absolute Gasteiger partial charge is 0.462 e. The highest BCUT2D eigenvalue weighted by atomic mass is 16.6. The Balaban J connectivity index is 4.37. The molecular weight excluding hydrogens is 829 g/mol. The Bertz CT molecular complexity index is 1170. The van der Waals surface area contributed by atoms with Gasteiger partial charge < -0.3 is 14.2 Å². The molecule has 0 aliphatic rings. The molecular formula is C61H110O6. The fourth-order valence-electron chi connectivity index (χ4n) is 8.45. The molecule has 0 aliphatic carbocycles. The van der Waals surface area contributed by atoms with Gasteiger partial charge >= 0.3 is 17.9 Å². The first kappa shape index (κ1) is 64.4. The van der Waals surface area contributed by atoms with E-state index in [1.165, 1.54) is 167 Å². The fraction of sp³-hybridized carbons (Fsp3) is 0.820. The van der Waals surface area contributed by atoms with E-state index in [-0.39, 0.29) is 31.1 Å². The Hall–Kier alpha value is -2.63. The van der Waals surface area contributed by atoms with Gasteiger partial charge in [-0.3, -0.25) is 14.4 Å². The lowest BCUT2D eigenvalue weighted by molar-refractivity contribution is -0.167. The maximum atomic E-state index is 12.9. The van der Waals surface area contributed by atoms with Crippen LogP contribution in [0.3, 0.4) is 0 Å². The van der Waals surface area contributed by atoms with Crippen molar-refractivity contribution in [1.29, 1.82) is 0 Å². The highest BCUT2D eigenvalue weighted by molar-refractivity contribution is 5.71. The van der Waals surface area contributed by atoms with Crippen molar-refractivity contribution in [2.75, 3.05) is 13.2 Å². The molecule has 0 amide bonds. The fourth-order valence-corrected chi connectivity index (χ4v) is 8.45. The van der Waals surface area contributed by atoms with Crippen LogP contribution in [0.4, 0.5) is 0 Å². The second-order valence-electron chi connectivity index (χ2n) is 19.5. The van der Waals surface area contributed by atoms with E-state index >= 15 is 0 Å². The van der Waals surface area contributed by atoms with Gasteiger partial charge in [0.05, 0.1) is 0 Å². The summed E-state index contributed by atoms with van der Waals surface area (Å²) in [5.74, 6) is -0.883. The molecule has 1 unspecified atom stereocenters. The van der Waals surface area contributed by atoms with Gasteiger partial charge in [0.2, 0.25) is 0 Å². The molecule has 0 radical (unpaired) electrons. The molecule has 0 aromatic rings. The van der Waals surface area contributed by atoms with E-state index in [1.54, 1.807) is 0 Å². The third-order valence-corrected chi connectivity index (χ3v) is 12.8. The third-order valence-electron chi connectivity index (χ3n) is 12.8. The first-order valence-corrected chi connectivity index (χ1v) is 29.1. The van der Waals surface area contributed by atoms with Gasteiger partial charge in [-0.1, -0.05) is 256 Å². The van der Waals surface area contributed by atoms with Crippen molar-refractivity contribution in [3.63, 3.8) is 0 Å². The van der Waals surface area contributed by atoms with Crippen molar-refractivity contribution in [1.82, 2.24) is 0 Å². The smallest absolute Gasteiger partial charge is 0.306 e. The van der Waals surface area contributed by atoms with Crippen LogP contribution < -0.4 is 0 Å². The molecule has 0 aromatic heterocycles. The summed E-state index contributed by atoms with van der Waals surface area (Å²) < 4.78 is 16.9. The minimum atomic E-state index is -0.780. The Morgan fingerprint density at radius 2 is 0.582 bits per heavy atom. The molecule has 0 heterocycles. The lowest BCUT2D eigenvalue weighted by Crippen LogP contribution is -2.30. The van der Waals surface area contributed by atoms with E-state index in [0.717, 1.165) is 96.3 Å². The quantitative estimate of drug-likeness (QED) is 0.0262. The maximum Gasteiger partial charge on any atom is 0.306 e. The van der Waals surface area contributed by atoms with E-state index in [0.29, 0.717) is 19.3 Å². The summed E-state index contributed by atoms with van der Waals surface area (Å²) >= 11 is 0. The van der Waals surface area contributed by atoms with Crippen LogP contribution in [0.1, 0.15) is 303 Å². The van der Waals surface area contributed by atoms with Crippen molar-refractivity contribution < 1.29 is 28.6 Å². The summed E-state index contributed by atoms with van der Waals surface area (Å²) in [6.45, 7) is 6.55. The van der Waals surface area contributed by atoms with E-state index < -0.39 is 6.10 Å². The number of hydrogen-bond donors (Lipinski definition) is 0. The molecule has 1 atom stereocenters. The van der Waals surface area contributed by atoms with E-state index in [4.69, 9.17) is 14.2 Å². The average molecular weight is 940 g/mol. The van der Waals surface area contributed by atoms with Crippen LogP contribution in [0.15, 0.2) is 48.6 Å². The van der Waals surface area contributed by atoms with Gasteiger partial charge in [0.1, 0.15) is 13.2 Å². The van der Waals surface area contributed by atoms with Gasteiger partial charge in [-0.25, -0.2) is 0 Å². The Kier molecular flexibility index (Phi) is 53.8. The third kappa shape index (κ3) is 54.2. The van der Waals surface area contributed by atoms with Crippen molar-refractivity contribution in [3.05, 3.63) is 48.6 Å². The summed E-state index contributed by atoms with van der Waals surface area (Å²) in [6.07, 6.45) is 68.1. The summed E-state index contributed by atoms with van der Waals surface area (Å²) in [7, 11) is 0. The highest BCUT2D eigenvalue weighted by Gasteiger charge is 2.19. The van der Waals surface area contributed by atoms with E-state index in [1.807, 2.05) is 0 Å². The molecule has 0 N–H and O–H groups in total. The van der Waals surface area contributed by atoms with Crippen LogP contribution in [-0.4, -0.2) is 37.2 Å². The Morgan fingerprint density at radius 1 is 0.313 bits per heavy atom. The number of carbonyl (C=O) groups is 3. The van der Waals surface area contributed by atoms with Crippen LogP contribution in [0.5, 0.6) is 0 Å². The summed E-state index contributed by atoms with van der Waals surface area (Å²) in [5, 5.41) is 0. The van der Waals surface area contributed by atoms with Crippen molar-refractivity contribution >= 4 is 17.9 Å². The highest BCUT2D eigenvalue weighted by Crippen LogP contribution is 2.16. The summed E-state index contributed by atoms with van der Waals surface area (Å²) in [5.41, 5.74) is 0. The lowest BCUT2D eigenvalue weighted by Gasteiger charge is -2.18. The van der Waals surface area contributed by atoms with Gasteiger partial charge in [0.25, 0.3) is 0 Å². The summed E-state index contributed by atoms with van der Waals surface area (Å²) in [4.78, 5) is 38.2. The van der Waals surface area contributed by atoms with Gasteiger partial charge in [0.15, 0.2) is 6.10 Å². The van der Waals surface area contributed by atoms with Gasteiger partial charge in [-0.15, -0.1) is 0 Å². The monoisotopic (exact) mass is 939 g/mol. The first-order valence-electron chi connectivity index (χ1n) is 29.1. The van der Waals surface area contributed by atoms with Gasteiger partial charge in [-0.05, 0) is 77.0 Å². The van der Waals surface area contributed by atoms with Crippen molar-refractivity contribution in [2.24, 2.45) is 0 Å². The van der Waals surface area contributed by atoms with Crippen LogP contribution >= 0.6 is 0 Å². The minimum Gasteiger partial charge on any atom is -0.462 e. The topological polar surface area (TPSA) is 78.9 Å². The molecule has 0 saturated heterocycles. The number of ether oxygens (including phenoxy) is 3. The Labute approximate surface area is 416 Å². The standard InChI is InChI=1S/C61H110O6/c1-4-7-10-13-16-19-22-25-28-30-31-34-36-39-42-45-48-51-54-60(63)66-57-58(56-65-59(62)53-50-47-44-41-38-35-32-27-24-21-18-15-12-9-6-3)67-61(64)55-52-49-46-43-40-37-33-29-26-23-20-17-14-11-8-5-2/h9,12,18,21,27-28,30,32,58H,4-8,10-11,13-17,19-20,22-26,29,31,33-57H2,1-3H3/b12-9-,21-18-,30-28-,32-27-. The van der Waals surface area contributed by atoms with Crippen molar-refractivity contribution in [3.8, 4) is 0 Å². The van der Waals surface area contributed by atoms with Crippen LogP contribution in [0, 0.1) is 0 Å². The van der Waals surface area contributed by atoms with Gasteiger partial charge in [-0.2, -0.15) is 0 Å². The zero-order valence-corrected chi connectivity index (χ0v) is 44.7. The average Bonchev–Trinajstić information content (AvgIpc) is 3.33. The minimum absolute atomic E-state index is 0.0780. The van der Waals surface area contributed by atoms with Crippen LogP contribution in [-0.2, 0) is 28.6 Å². The molecule has 0 saturated carbocycles. The molecule has 0 rings (SSSR count). The molecule has 390 valence electrons. The van der Waals surface area contributed by atoms with Crippen molar-refractivity contribution in [2.45, 2.75) is 309 Å². The second kappa shape index (κ2) is 56.0. The Morgan fingerprint density at radius 3 is 0.925 bits per heavy atom. The maximum absolute atomic E-state index is 12.9. The zero-order valence-electron chi connectivity index (χ0n) is 44.7. The number of carbonyl (C=O) groups excluding carboxylic acids is 3. The molecule has 6 nitrogen and oxygen atoms in total. The van der Waals surface area contributed by atoms with Gasteiger partial charge in [0, 0.05) is 19.3 Å². The lowest BCUT2D eigenvalue weighted by atomic mass is 10.0. The predicted molar refractivity (Wildman–Crippen MR) is 289 cm³/mol. The van der Waals surface area contributed by atoms with Crippen LogP contribution in [0.25, 0.3) is 0 Å². The molecule has 0 bridgehead atoms. The molecule has 0 fully saturated rings. The molecule has 0 aromatic carbocycles. The normalized spacial score (nSPS) is 12.3. The van der Waals surface area contributed by atoms with E-state index in [9.17, 15) is 14.4 Å². The number of unbranched alkanes of at least 4 members (excludes halogenated alkanes) is 34. The SMILES string of the molecule is CC/C=C\C/C=C\C/C=C\CCCCCCCC(=O)OCC(COC(=O)CCCCCCCCC/C=C\CCCCCCCCC)OC(=O)CCCCCCCCCCCCCCCCCC. The number of esters is 3. The summed E-state index contributed by atoms with van der Waals surface area (Å²) in [6, 6.07) is 0. The molecule has 67 heavy (non-hydrogen) atoms. The van der Waals surface area contributed by atoms with E-state index in [2.05, 4.69) is 69.4 Å². The molecule has 0 aliphatic heterocycles. The number of hydrogen-bond acceptors (Lipinski definition) is 6.